The maximum absolute atomic E-state index is 13.6. The number of phenolic OH excluding ortho intramolecular Hbond substituents is 1. The molecule has 0 amide bonds. The lowest BCUT2D eigenvalue weighted by atomic mass is 9.81. The van der Waals surface area contributed by atoms with Crippen molar-refractivity contribution in [2.45, 2.75) is 277 Å². The smallest absolute Gasteiger partial charge is 0.342 e. The number of carbonyl (C=O) groups is 3. The Kier molecular flexibility index (Phi) is 21.9. The van der Waals surface area contributed by atoms with Crippen LogP contribution in [0.1, 0.15) is 97.5 Å². The zero-order valence-electron chi connectivity index (χ0n) is 55.0. The molecule has 0 radical (unpaired) electrons. The number of hydrogen-bond acceptors (Lipinski definition) is 32. The third kappa shape index (κ3) is 13.4. The average molecular weight is 1400 g/mol. The lowest BCUT2D eigenvalue weighted by Gasteiger charge is -2.49. The van der Waals surface area contributed by atoms with Crippen LogP contribution >= 0.6 is 23.2 Å². The van der Waals surface area contributed by atoms with Crippen molar-refractivity contribution < 1.29 is 154 Å². The van der Waals surface area contributed by atoms with Crippen molar-refractivity contribution >= 4 is 40.9 Å². The third-order valence-corrected chi connectivity index (χ3v) is 20.2. The monoisotopic (exact) mass is 1400 g/mol. The molecule has 95 heavy (non-hydrogen) atoms. The standard InChI is InChI=1S/C61H88Cl2O32/c1-21(2)53(70)87-49-45-32(92-61(93-45)52-51(78-20-79-52)60(72,27(8)64)28(9)91-61)19-77-56(49)89-57-48(76-14)39(68)44(31(83-57)18-73-11)88-55-40(69)47(43(74-12)24(5)82-55)85-34-17-58(10)50(26(7)81-34)94-59(95-58)16-30(66)42(25(6)90-59)84-33-15-29(65)41(23(4)80-33)86-54(71)35-22(3)36(62)38(67)37(63)46(35)75-13/h21,23-26,28-34,39-45,47-52,55-57,65-69,72H,15-20H2,1-14H3/t23-,24-,25-,26-,28-,29-,30-,31-,32+,33+,34+,39+,40-,41-,42-,43+,44-,45-,47-,48+,49-,50-,51-,52-,55+,56?,57+,58-,59?,60+,61-/m1/s1. The maximum Gasteiger partial charge on any atom is 0.342 e. The second kappa shape index (κ2) is 28.4. The Bertz CT molecular complexity index is 2890. The van der Waals surface area contributed by atoms with Crippen LogP contribution in [0.2, 0.25) is 10.0 Å². The number of phenols is 1. The van der Waals surface area contributed by atoms with Gasteiger partial charge in [0.25, 0.3) is 5.97 Å². The predicted octanol–water partition coefficient (Wildman–Crippen LogP) is 1.05. The number of aliphatic hydroxyl groups excluding tert-OH is 4. The van der Waals surface area contributed by atoms with Gasteiger partial charge in [-0.05, 0) is 61.0 Å². The van der Waals surface area contributed by atoms with E-state index in [1.54, 1.807) is 48.5 Å². The number of carbonyl (C=O) groups excluding carboxylic acids is 3. The number of hydrogen-bond donors (Lipinski definition) is 6. The van der Waals surface area contributed by atoms with Crippen LogP contribution < -0.4 is 4.74 Å². The fraction of sp³-hybridized carbons (Fsp3) is 0.852. The number of methoxy groups -OCH3 is 4. The molecule has 6 N–H and O–H groups in total. The first-order chi connectivity index (χ1) is 44.9. The highest BCUT2D eigenvalue weighted by Crippen LogP contribution is 2.53. The van der Waals surface area contributed by atoms with E-state index in [1.165, 1.54) is 49.2 Å². The number of fused-ring (bicyclic) bond motifs is 4. The Morgan fingerprint density at radius 3 is 1.99 bits per heavy atom. The summed E-state index contributed by atoms with van der Waals surface area (Å²) in [6, 6.07) is 0. The van der Waals surface area contributed by atoms with Crippen LogP contribution in [0.4, 0.5) is 0 Å². The van der Waals surface area contributed by atoms with Crippen molar-refractivity contribution in [2.24, 2.45) is 5.92 Å². The third-order valence-electron chi connectivity index (χ3n) is 19.4. The molecule has 0 aromatic heterocycles. The molecular weight excluding hydrogens is 1320 g/mol. The Hall–Kier alpha value is -2.99. The second-order valence-electron chi connectivity index (χ2n) is 26.2. The summed E-state index contributed by atoms with van der Waals surface area (Å²) in [5.74, 6) is -7.41. The predicted molar refractivity (Wildman–Crippen MR) is 313 cm³/mol. The Labute approximate surface area is 557 Å². The van der Waals surface area contributed by atoms with Crippen molar-refractivity contribution in [3.63, 3.8) is 0 Å². The molecule has 2 unspecified atom stereocenters. The molecule has 1 aromatic rings. The summed E-state index contributed by atoms with van der Waals surface area (Å²) in [6.07, 6.45) is -32.8. The molecule has 538 valence electrons. The second-order valence-corrected chi connectivity index (χ2v) is 27.0. The molecular formula is C61H88Cl2O32. The van der Waals surface area contributed by atoms with Crippen LogP contribution in [0.5, 0.6) is 11.5 Å². The summed E-state index contributed by atoms with van der Waals surface area (Å²) < 4.78 is 142. The van der Waals surface area contributed by atoms with Crippen molar-refractivity contribution in [3.8, 4) is 11.5 Å². The highest BCUT2D eigenvalue weighted by Gasteiger charge is 2.73. The van der Waals surface area contributed by atoms with E-state index in [2.05, 4.69) is 0 Å². The average Bonchev–Trinajstić information content (AvgIpc) is 1.59. The number of esters is 2. The van der Waals surface area contributed by atoms with E-state index in [4.69, 9.17) is 132 Å². The van der Waals surface area contributed by atoms with E-state index in [9.17, 15) is 45.0 Å². The summed E-state index contributed by atoms with van der Waals surface area (Å²) in [5, 5.41) is 69.1. The van der Waals surface area contributed by atoms with Crippen molar-refractivity contribution in [1.29, 1.82) is 0 Å². The van der Waals surface area contributed by atoms with Gasteiger partial charge in [0.15, 0.2) is 66.4 Å². The minimum absolute atomic E-state index is 0.00299. The molecule has 0 saturated carbocycles. The van der Waals surface area contributed by atoms with E-state index >= 15 is 0 Å². The van der Waals surface area contributed by atoms with Gasteiger partial charge in [0, 0.05) is 34.2 Å². The summed E-state index contributed by atoms with van der Waals surface area (Å²) in [6.45, 7) is 15.0. The molecule has 31 atom stereocenters. The van der Waals surface area contributed by atoms with Gasteiger partial charge in [-0.25, -0.2) is 4.79 Å². The molecule has 34 heteroatoms. The fourth-order valence-corrected chi connectivity index (χ4v) is 15.1. The van der Waals surface area contributed by atoms with Crippen LogP contribution in [0.15, 0.2) is 0 Å². The van der Waals surface area contributed by atoms with Crippen molar-refractivity contribution in [1.82, 2.24) is 0 Å². The largest absolute Gasteiger partial charge is 0.505 e. The summed E-state index contributed by atoms with van der Waals surface area (Å²) >= 11 is 12.5. The van der Waals surface area contributed by atoms with Gasteiger partial charge >= 0.3 is 17.9 Å². The first-order valence-electron chi connectivity index (χ1n) is 31.7. The van der Waals surface area contributed by atoms with E-state index in [0.29, 0.717) is 0 Å². The van der Waals surface area contributed by atoms with Crippen LogP contribution in [-0.2, 0) is 114 Å². The molecule has 0 aliphatic carbocycles. The van der Waals surface area contributed by atoms with Crippen LogP contribution in [0, 0.1) is 12.8 Å². The van der Waals surface area contributed by atoms with Crippen LogP contribution in [-0.4, -0.2) is 286 Å². The molecule has 10 aliphatic heterocycles. The highest BCUT2D eigenvalue weighted by atomic mass is 35.5. The lowest BCUT2D eigenvalue weighted by molar-refractivity contribution is -0.428. The van der Waals surface area contributed by atoms with Gasteiger partial charge in [-0.3, -0.25) is 9.59 Å². The number of benzene rings is 1. The number of rotatable bonds is 18. The SMILES string of the molecule is COC[C@H]1O[C@@H](OC2OC[C@@H]3O[C@]4(O[C@H]3[C@H]2OC(=O)C(C)C)O[C@H](C)[C@@](O)(C(C)=O)[C@@H]2OCO[C@H]24)[C@@H](OC)[C@@H](O)[C@@H]1O[C@@H]1O[C@H](C)[C@H](OC)[C@H](O[C@H]2C[C@@]3(C)OC4(C[C@@H](O)[C@H](O[C@H]5C[C@@H](O)[C@H](OC(=O)c6c(C)c(Cl)c(O)c(Cl)c6OC)[C@@H](C)O5)[C@@H](C)O4)O[C@@H]3[C@@H](C)O2)[C@H]1O. The molecule has 0 bridgehead atoms. The Morgan fingerprint density at radius 2 is 1.34 bits per heavy atom. The number of halogens is 2. The first-order valence-corrected chi connectivity index (χ1v) is 32.5. The van der Waals surface area contributed by atoms with Crippen molar-refractivity contribution in [2.75, 3.05) is 48.4 Å². The van der Waals surface area contributed by atoms with Gasteiger partial charge in [-0.1, -0.05) is 37.0 Å². The quantitative estimate of drug-likeness (QED) is 0.112. The normalized spacial score (nSPS) is 47.3. The van der Waals surface area contributed by atoms with Crippen LogP contribution in [0.3, 0.4) is 0 Å². The first kappa shape index (κ1) is 73.2. The van der Waals surface area contributed by atoms with Gasteiger partial charge in [0.2, 0.25) is 6.29 Å². The Morgan fingerprint density at radius 1 is 0.653 bits per heavy atom. The van der Waals surface area contributed by atoms with E-state index < -0.39 is 218 Å². The summed E-state index contributed by atoms with van der Waals surface area (Å²) in [7, 11) is 5.35. The zero-order chi connectivity index (χ0) is 68.9. The van der Waals surface area contributed by atoms with Crippen LogP contribution in [0.25, 0.3) is 0 Å². The van der Waals surface area contributed by atoms with Gasteiger partial charge in [0.1, 0.15) is 96.2 Å². The molecule has 10 fully saturated rings. The molecule has 10 heterocycles. The van der Waals surface area contributed by atoms with E-state index in [-0.39, 0.29) is 66.2 Å². The van der Waals surface area contributed by atoms with Gasteiger partial charge in [-0.15, -0.1) is 0 Å². The Balaban J connectivity index is 0.722. The number of ketones is 1. The lowest BCUT2D eigenvalue weighted by Crippen LogP contribution is -2.72. The van der Waals surface area contributed by atoms with Gasteiger partial charge in [-0.2, -0.15) is 0 Å². The van der Waals surface area contributed by atoms with Gasteiger partial charge in [0.05, 0.1) is 80.4 Å². The number of aliphatic hydroxyl groups is 5. The minimum atomic E-state index is -2.13. The molecule has 10 saturated heterocycles. The molecule has 11 rings (SSSR count). The maximum atomic E-state index is 13.6. The van der Waals surface area contributed by atoms with Crippen molar-refractivity contribution in [3.05, 3.63) is 21.2 Å². The molecule has 1 aromatic carbocycles. The summed E-state index contributed by atoms with van der Waals surface area (Å²) in [4.78, 5) is 39.8. The molecule has 32 nitrogen and oxygen atoms in total. The van der Waals surface area contributed by atoms with Gasteiger partial charge < -0.3 is 140 Å². The number of ether oxygens (including phenoxy) is 23. The fourth-order valence-electron chi connectivity index (χ4n) is 14.6. The number of Topliss-reactive ketones (excluding diaryl/α,β-unsaturated/α-hetero) is 1. The van der Waals surface area contributed by atoms with E-state index in [0.717, 1.165) is 0 Å². The number of aromatic hydroxyl groups is 1. The topological polar surface area (TPSA) is 385 Å². The molecule has 10 aliphatic rings. The summed E-state index contributed by atoms with van der Waals surface area (Å²) in [5.41, 5.74) is -3.34. The molecule has 2 spiro atoms. The zero-order valence-corrected chi connectivity index (χ0v) is 56.5. The van der Waals surface area contributed by atoms with E-state index in [1.807, 2.05) is 0 Å². The minimum Gasteiger partial charge on any atom is -0.505 e. The highest BCUT2D eigenvalue weighted by molar-refractivity contribution is 6.39.